The number of hydrogen-bond acceptors (Lipinski definition) is 4. The van der Waals surface area contributed by atoms with Crippen LogP contribution in [0.25, 0.3) is 0 Å². The molecular formula is C21H31ClIN5S. The van der Waals surface area contributed by atoms with Crippen LogP contribution in [0.5, 0.6) is 0 Å². The van der Waals surface area contributed by atoms with Crippen molar-refractivity contribution < 1.29 is 0 Å². The van der Waals surface area contributed by atoms with E-state index in [-0.39, 0.29) is 24.0 Å². The minimum Gasteiger partial charge on any atom is -0.371 e. The molecule has 1 atom stereocenters. The number of aryl methyl sites for hydroxylation is 2. The van der Waals surface area contributed by atoms with Crippen molar-refractivity contribution in [1.82, 2.24) is 15.6 Å². The third kappa shape index (κ3) is 7.00. The van der Waals surface area contributed by atoms with E-state index in [1.54, 1.807) is 11.3 Å². The molecule has 29 heavy (non-hydrogen) atoms. The van der Waals surface area contributed by atoms with Gasteiger partial charge in [-0.25, -0.2) is 9.98 Å². The fourth-order valence-corrected chi connectivity index (χ4v) is 4.41. The molecule has 0 aliphatic carbocycles. The molecule has 2 heterocycles. The standard InChI is InChI=1S/C21H30ClN5S.HI/c1-4-18-12-24-20(28-18)13-26-21(23-5-2)25-11-16-8-9-27(14-16)19-10-17(22)7-6-15(19)3;/h6-7,10,12,16H,4-5,8-9,11,13-14H2,1-3H3,(H2,23,25,26);1H. The average molecular weight is 548 g/mol. The van der Waals surface area contributed by atoms with Crippen LogP contribution in [-0.4, -0.2) is 37.1 Å². The third-order valence-electron chi connectivity index (χ3n) is 5.02. The summed E-state index contributed by atoms with van der Waals surface area (Å²) in [6.45, 7) is 10.9. The van der Waals surface area contributed by atoms with Gasteiger partial charge < -0.3 is 15.5 Å². The van der Waals surface area contributed by atoms with Crippen LogP contribution < -0.4 is 15.5 Å². The zero-order valence-electron chi connectivity index (χ0n) is 17.4. The van der Waals surface area contributed by atoms with Gasteiger partial charge in [0, 0.05) is 48.0 Å². The molecule has 3 rings (SSSR count). The predicted octanol–water partition coefficient (Wildman–Crippen LogP) is 4.87. The van der Waals surface area contributed by atoms with Crippen molar-refractivity contribution in [2.45, 2.75) is 40.2 Å². The zero-order valence-corrected chi connectivity index (χ0v) is 21.3. The zero-order chi connectivity index (χ0) is 19.9. The molecule has 2 aromatic rings. The van der Waals surface area contributed by atoms with Crippen molar-refractivity contribution in [1.29, 1.82) is 0 Å². The lowest BCUT2D eigenvalue weighted by molar-refractivity contribution is 0.565. The van der Waals surface area contributed by atoms with Crippen LogP contribution in [0.1, 0.15) is 35.7 Å². The first kappa shape index (κ1) is 24.2. The van der Waals surface area contributed by atoms with E-state index < -0.39 is 0 Å². The van der Waals surface area contributed by atoms with Crippen molar-refractivity contribution in [2.75, 3.05) is 31.1 Å². The van der Waals surface area contributed by atoms with E-state index in [2.05, 4.69) is 53.4 Å². The number of rotatable bonds is 7. The third-order valence-corrected chi connectivity index (χ3v) is 6.38. The van der Waals surface area contributed by atoms with E-state index in [0.29, 0.717) is 12.5 Å². The van der Waals surface area contributed by atoms with Gasteiger partial charge in [-0.2, -0.15) is 0 Å². The number of thiazole rings is 1. The molecule has 0 spiro atoms. The second-order valence-corrected chi connectivity index (χ2v) is 8.82. The maximum Gasteiger partial charge on any atom is 0.191 e. The number of hydrogen-bond donors (Lipinski definition) is 2. The Morgan fingerprint density at radius 1 is 1.34 bits per heavy atom. The van der Waals surface area contributed by atoms with Crippen LogP contribution in [0.3, 0.4) is 0 Å². The Bertz CT molecular complexity index is 810. The number of anilines is 1. The second-order valence-electron chi connectivity index (χ2n) is 7.18. The number of aliphatic imine (C=N–C) groups is 1. The van der Waals surface area contributed by atoms with E-state index in [4.69, 9.17) is 16.6 Å². The summed E-state index contributed by atoms with van der Waals surface area (Å²) in [5.41, 5.74) is 2.54. The fourth-order valence-electron chi connectivity index (χ4n) is 3.46. The monoisotopic (exact) mass is 547 g/mol. The van der Waals surface area contributed by atoms with Gasteiger partial charge in [0.05, 0.1) is 6.54 Å². The van der Waals surface area contributed by atoms with Gasteiger partial charge in [0.1, 0.15) is 5.01 Å². The molecule has 8 heteroatoms. The first-order valence-corrected chi connectivity index (χ1v) is 11.2. The summed E-state index contributed by atoms with van der Waals surface area (Å²) in [7, 11) is 0. The van der Waals surface area contributed by atoms with Gasteiger partial charge in [-0.1, -0.05) is 24.6 Å². The Balaban J connectivity index is 0.00000300. The van der Waals surface area contributed by atoms with Crippen LogP contribution in [0.15, 0.2) is 29.4 Å². The molecule has 160 valence electrons. The SMILES string of the molecule is CCNC(=NCc1ncc(CC)s1)NCC1CCN(c2cc(Cl)ccc2C)C1.I. The van der Waals surface area contributed by atoms with E-state index in [9.17, 15) is 0 Å². The number of guanidine groups is 1. The Morgan fingerprint density at radius 3 is 2.90 bits per heavy atom. The van der Waals surface area contributed by atoms with Crippen molar-refractivity contribution in [2.24, 2.45) is 10.9 Å². The van der Waals surface area contributed by atoms with E-state index in [1.165, 1.54) is 22.5 Å². The number of aromatic nitrogens is 1. The first-order chi connectivity index (χ1) is 13.6. The number of nitrogens with one attached hydrogen (secondary N) is 2. The second kappa shape index (κ2) is 12.0. The summed E-state index contributed by atoms with van der Waals surface area (Å²) in [6, 6.07) is 6.14. The smallest absolute Gasteiger partial charge is 0.191 e. The van der Waals surface area contributed by atoms with Gasteiger partial charge in [-0.15, -0.1) is 35.3 Å². The largest absolute Gasteiger partial charge is 0.371 e. The molecule has 0 saturated carbocycles. The molecule has 0 radical (unpaired) electrons. The summed E-state index contributed by atoms with van der Waals surface area (Å²) in [4.78, 5) is 12.9. The Hall–Kier alpha value is -1.06. The quantitative estimate of drug-likeness (QED) is 0.295. The first-order valence-electron chi connectivity index (χ1n) is 10.1. The number of nitrogens with zero attached hydrogens (tertiary/aromatic N) is 3. The van der Waals surface area contributed by atoms with Crippen LogP contribution in [-0.2, 0) is 13.0 Å². The highest BCUT2D eigenvalue weighted by atomic mass is 127. The van der Waals surface area contributed by atoms with Crippen LogP contribution in [0.4, 0.5) is 5.69 Å². The predicted molar refractivity (Wildman–Crippen MR) is 136 cm³/mol. The highest BCUT2D eigenvalue weighted by Gasteiger charge is 2.24. The number of halogens is 2. The molecule has 0 amide bonds. The lowest BCUT2D eigenvalue weighted by atomic mass is 10.1. The van der Waals surface area contributed by atoms with Crippen LogP contribution in [0.2, 0.25) is 5.02 Å². The van der Waals surface area contributed by atoms with Crippen molar-refractivity contribution in [3.05, 3.63) is 44.9 Å². The average Bonchev–Trinajstić information content (AvgIpc) is 3.35. The fraction of sp³-hybridized carbons (Fsp3) is 0.524. The molecular weight excluding hydrogens is 517 g/mol. The minimum absolute atomic E-state index is 0. The maximum atomic E-state index is 6.20. The summed E-state index contributed by atoms with van der Waals surface area (Å²) in [5, 5.41) is 8.73. The van der Waals surface area contributed by atoms with Crippen molar-refractivity contribution >= 4 is 58.6 Å². The Labute approximate surface area is 200 Å². The van der Waals surface area contributed by atoms with Gasteiger partial charge in [0.25, 0.3) is 0 Å². The van der Waals surface area contributed by atoms with Gasteiger partial charge in [0.2, 0.25) is 0 Å². The lowest BCUT2D eigenvalue weighted by Crippen LogP contribution is -2.40. The molecule has 1 aromatic heterocycles. The highest BCUT2D eigenvalue weighted by Crippen LogP contribution is 2.29. The number of benzene rings is 1. The summed E-state index contributed by atoms with van der Waals surface area (Å²) >= 11 is 7.94. The van der Waals surface area contributed by atoms with Crippen LogP contribution in [0, 0.1) is 12.8 Å². The Kier molecular flexibility index (Phi) is 9.98. The van der Waals surface area contributed by atoms with E-state index >= 15 is 0 Å². The van der Waals surface area contributed by atoms with Gasteiger partial charge in [-0.3, -0.25) is 0 Å². The Morgan fingerprint density at radius 2 is 2.17 bits per heavy atom. The topological polar surface area (TPSA) is 52.6 Å². The van der Waals surface area contributed by atoms with E-state index in [1.807, 2.05) is 12.3 Å². The molecule has 1 aliphatic rings. The molecule has 1 aliphatic heterocycles. The summed E-state index contributed by atoms with van der Waals surface area (Å²) in [6.07, 6.45) is 4.16. The molecule has 1 fully saturated rings. The summed E-state index contributed by atoms with van der Waals surface area (Å²) in [5.74, 6) is 1.46. The van der Waals surface area contributed by atoms with Gasteiger partial charge in [0.15, 0.2) is 5.96 Å². The lowest BCUT2D eigenvalue weighted by Gasteiger charge is -2.21. The van der Waals surface area contributed by atoms with Crippen molar-refractivity contribution in [3.8, 4) is 0 Å². The van der Waals surface area contributed by atoms with E-state index in [0.717, 1.165) is 48.6 Å². The molecule has 5 nitrogen and oxygen atoms in total. The maximum absolute atomic E-state index is 6.20. The molecule has 1 saturated heterocycles. The van der Waals surface area contributed by atoms with Gasteiger partial charge >= 0.3 is 0 Å². The molecule has 0 bridgehead atoms. The van der Waals surface area contributed by atoms with Crippen molar-refractivity contribution in [3.63, 3.8) is 0 Å². The molecule has 1 aromatic carbocycles. The minimum atomic E-state index is 0. The molecule has 2 N–H and O–H groups in total. The highest BCUT2D eigenvalue weighted by molar-refractivity contribution is 14.0. The van der Waals surface area contributed by atoms with Gasteiger partial charge in [-0.05, 0) is 50.3 Å². The summed E-state index contributed by atoms with van der Waals surface area (Å²) < 4.78 is 0. The van der Waals surface area contributed by atoms with Crippen LogP contribution >= 0.6 is 46.9 Å². The normalized spacial score (nSPS) is 16.6. The molecule has 1 unspecified atom stereocenters.